The van der Waals surface area contributed by atoms with Crippen LogP contribution in [0, 0.1) is 0 Å². The maximum atomic E-state index is 3.61. The van der Waals surface area contributed by atoms with Crippen LogP contribution in [0.5, 0.6) is 0 Å². The van der Waals surface area contributed by atoms with E-state index in [0.29, 0.717) is 0 Å². The van der Waals surface area contributed by atoms with Crippen molar-refractivity contribution in [3.8, 4) is 22.3 Å². The molecule has 2 nitrogen and oxygen atoms in total. The van der Waals surface area contributed by atoms with E-state index >= 15 is 0 Å². The van der Waals surface area contributed by atoms with Crippen molar-refractivity contribution in [1.29, 1.82) is 0 Å². The predicted molar refractivity (Wildman–Crippen MR) is 186 cm³/mol. The zero-order valence-electron chi connectivity index (χ0n) is 25.6. The number of aromatic amines is 1. The molecule has 0 atom stereocenters. The van der Waals surface area contributed by atoms with Crippen molar-refractivity contribution in [2.45, 2.75) is 38.5 Å². The molecule has 0 aliphatic heterocycles. The predicted octanol–water partition coefficient (Wildman–Crippen LogP) is 11.4. The highest BCUT2D eigenvalue weighted by molar-refractivity contribution is 6.08. The summed E-state index contributed by atoms with van der Waals surface area (Å²) in [6, 6.07) is 47.4. The van der Waals surface area contributed by atoms with Crippen LogP contribution in [0.25, 0.3) is 44.1 Å². The fraction of sp³-hybridized carbons (Fsp3) is 0.143. The Labute approximate surface area is 258 Å². The standard InChI is InChI=1S/C42H34N2/c1-41(2)35-14-8-5-11-29(35)31-20-17-27(24-37(31)41)44(26-19-22-40-34(23-26)33-13-7-10-16-39(33)43-40)28-18-21-32-30-12-6-9-15-36(30)42(3,4)38(32)25-28/h5-25,43H,1-4H3. The maximum Gasteiger partial charge on any atom is 0.0469 e. The Hall–Kier alpha value is -5.08. The topological polar surface area (TPSA) is 19.0 Å². The van der Waals surface area contributed by atoms with Crippen LogP contribution in [0.4, 0.5) is 17.1 Å². The Morgan fingerprint density at radius 1 is 0.409 bits per heavy atom. The number of nitrogens with zero attached hydrogens (tertiary/aromatic N) is 1. The number of hydrogen-bond acceptors (Lipinski definition) is 1. The lowest BCUT2D eigenvalue weighted by Crippen LogP contribution is -2.18. The van der Waals surface area contributed by atoms with Crippen molar-refractivity contribution in [2.24, 2.45) is 0 Å². The smallest absolute Gasteiger partial charge is 0.0469 e. The first-order valence-electron chi connectivity index (χ1n) is 15.6. The van der Waals surface area contributed by atoms with Crippen molar-refractivity contribution in [3.05, 3.63) is 150 Å². The fourth-order valence-electron chi connectivity index (χ4n) is 8.09. The minimum absolute atomic E-state index is 0.0734. The highest BCUT2D eigenvalue weighted by Crippen LogP contribution is 2.53. The maximum absolute atomic E-state index is 3.61. The summed E-state index contributed by atoms with van der Waals surface area (Å²) >= 11 is 0. The molecule has 6 aromatic carbocycles. The second-order valence-electron chi connectivity index (χ2n) is 13.5. The summed E-state index contributed by atoms with van der Waals surface area (Å²) in [7, 11) is 0. The molecule has 44 heavy (non-hydrogen) atoms. The van der Waals surface area contributed by atoms with Crippen molar-refractivity contribution in [3.63, 3.8) is 0 Å². The number of fused-ring (bicyclic) bond motifs is 9. The molecule has 2 aliphatic carbocycles. The summed E-state index contributed by atoms with van der Waals surface area (Å²) in [6.07, 6.45) is 0. The van der Waals surface area contributed by atoms with Crippen LogP contribution in [-0.2, 0) is 10.8 Å². The van der Waals surface area contributed by atoms with Crippen molar-refractivity contribution in [2.75, 3.05) is 4.90 Å². The molecule has 2 aliphatic rings. The Kier molecular flexibility index (Phi) is 5.05. The van der Waals surface area contributed by atoms with Gasteiger partial charge in [-0.05, 0) is 93.0 Å². The number of hydrogen-bond donors (Lipinski definition) is 1. The lowest BCUT2D eigenvalue weighted by atomic mass is 9.82. The van der Waals surface area contributed by atoms with Crippen LogP contribution < -0.4 is 4.90 Å². The van der Waals surface area contributed by atoms with Crippen LogP contribution in [-0.4, -0.2) is 4.98 Å². The molecular formula is C42H34N2. The van der Waals surface area contributed by atoms with E-state index in [-0.39, 0.29) is 10.8 Å². The second kappa shape index (κ2) is 8.74. The van der Waals surface area contributed by atoms with E-state index in [0.717, 1.165) is 11.2 Å². The van der Waals surface area contributed by atoms with Gasteiger partial charge in [-0.3, -0.25) is 0 Å². The van der Waals surface area contributed by atoms with Crippen LogP contribution in [0.1, 0.15) is 49.9 Å². The molecule has 0 bridgehead atoms. The van der Waals surface area contributed by atoms with Gasteiger partial charge in [-0.15, -0.1) is 0 Å². The van der Waals surface area contributed by atoms with Gasteiger partial charge in [-0.2, -0.15) is 0 Å². The summed E-state index contributed by atoms with van der Waals surface area (Å²) < 4.78 is 0. The molecule has 0 fully saturated rings. The second-order valence-corrected chi connectivity index (χ2v) is 13.5. The van der Waals surface area contributed by atoms with Gasteiger partial charge < -0.3 is 9.88 Å². The average Bonchev–Trinajstić information content (AvgIpc) is 3.61. The van der Waals surface area contributed by atoms with Crippen molar-refractivity contribution >= 4 is 38.9 Å². The molecule has 1 aromatic heterocycles. The molecule has 0 unspecified atom stereocenters. The lowest BCUT2D eigenvalue weighted by molar-refractivity contribution is 0.660. The normalized spacial score (nSPS) is 15.2. The third kappa shape index (κ3) is 3.37. The number of anilines is 3. The van der Waals surface area contributed by atoms with Gasteiger partial charge in [0.15, 0.2) is 0 Å². The van der Waals surface area contributed by atoms with E-state index in [9.17, 15) is 0 Å². The number of para-hydroxylation sites is 1. The lowest BCUT2D eigenvalue weighted by Gasteiger charge is -2.30. The molecule has 212 valence electrons. The van der Waals surface area contributed by atoms with Gasteiger partial charge in [0.1, 0.15) is 0 Å². The fourth-order valence-corrected chi connectivity index (χ4v) is 8.09. The first-order valence-corrected chi connectivity index (χ1v) is 15.6. The minimum Gasteiger partial charge on any atom is -0.355 e. The quantitative estimate of drug-likeness (QED) is 0.225. The third-order valence-corrected chi connectivity index (χ3v) is 10.4. The Morgan fingerprint density at radius 3 is 1.48 bits per heavy atom. The van der Waals surface area contributed by atoms with Crippen LogP contribution >= 0.6 is 0 Å². The van der Waals surface area contributed by atoms with Crippen molar-refractivity contribution in [1.82, 2.24) is 4.98 Å². The summed E-state index contributed by atoms with van der Waals surface area (Å²) in [4.78, 5) is 6.07. The average molecular weight is 567 g/mol. The van der Waals surface area contributed by atoms with Gasteiger partial charge in [0.25, 0.3) is 0 Å². The monoisotopic (exact) mass is 566 g/mol. The highest BCUT2D eigenvalue weighted by atomic mass is 15.1. The first-order chi connectivity index (χ1) is 21.3. The van der Waals surface area contributed by atoms with Gasteiger partial charge in [0.05, 0.1) is 0 Å². The van der Waals surface area contributed by atoms with Gasteiger partial charge in [-0.25, -0.2) is 0 Å². The Bertz CT molecular complexity index is 2190. The van der Waals surface area contributed by atoms with Gasteiger partial charge >= 0.3 is 0 Å². The zero-order valence-corrected chi connectivity index (χ0v) is 25.6. The largest absolute Gasteiger partial charge is 0.355 e. The van der Waals surface area contributed by atoms with E-state index in [1.165, 1.54) is 72.2 Å². The molecule has 7 aromatic rings. The molecule has 0 radical (unpaired) electrons. The summed E-state index contributed by atoms with van der Waals surface area (Å²) in [6.45, 7) is 9.44. The number of rotatable bonds is 3. The summed E-state index contributed by atoms with van der Waals surface area (Å²) in [5, 5.41) is 2.49. The third-order valence-electron chi connectivity index (χ3n) is 10.4. The van der Waals surface area contributed by atoms with Gasteiger partial charge in [0.2, 0.25) is 0 Å². The van der Waals surface area contributed by atoms with Gasteiger partial charge in [0, 0.05) is 49.7 Å². The molecule has 0 saturated heterocycles. The summed E-state index contributed by atoms with van der Waals surface area (Å²) in [5.74, 6) is 0. The molecule has 0 saturated carbocycles. The molecule has 1 N–H and O–H groups in total. The Balaban J connectivity index is 1.28. The van der Waals surface area contributed by atoms with Crippen LogP contribution in [0.15, 0.2) is 127 Å². The Morgan fingerprint density at radius 2 is 0.864 bits per heavy atom. The van der Waals surface area contributed by atoms with Crippen molar-refractivity contribution < 1.29 is 0 Å². The molecule has 0 spiro atoms. The van der Waals surface area contributed by atoms with Gasteiger partial charge in [-0.1, -0.05) is 107 Å². The molecule has 2 heteroatoms. The molecular weight excluding hydrogens is 532 g/mol. The highest BCUT2D eigenvalue weighted by Gasteiger charge is 2.37. The molecule has 1 heterocycles. The SMILES string of the molecule is CC1(C)c2ccccc2-c2ccc(N(c3ccc4c(c3)C(C)(C)c3ccccc3-4)c3ccc4[nH]c5ccccc5c4c3)cc21. The summed E-state index contributed by atoms with van der Waals surface area (Å²) in [5.41, 5.74) is 16.6. The van der Waals surface area contributed by atoms with Crippen LogP contribution in [0.3, 0.4) is 0 Å². The zero-order chi connectivity index (χ0) is 29.8. The van der Waals surface area contributed by atoms with E-state index in [2.05, 4.69) is 165 Å². The van der Waals surface area contributed by atoms with E-state index in [1.54, 1.807) is 0 Å². The first kappa shape index (κ1) is 25.4. The van der Waals surface area contributed by atoms with E-state index in [1.807, 2.05) is 0 Å². The number of benzene rings is 6. The number of nitrogens with one attached hydrogen (secondary N) is 1. The number of aromatic nitrogens is 1. The molecule has 9 rings (SSSR count). The van der Waals surface area contributed by atoms with E-state index in [4.69, 9.17) is 0 Å². The number of H-pyrrole nitrogens is 1. The van der Waals surface area contributed by atoms with E-state index < -0.39 is 0 Å². The van der Waals surface area contributed by atoms with Crippen LogP contribution in [0.2, 0.25) is 0 Å². The molecule has 0 amide bonds. The minimum atomic E-state index is -0.0734.